The number of nitrogens with zero attached hydrogens (tertiary/aromatic N) is 5. The smallest absolute Gasteiger partial charge is 0.209 e. The van der Waals surface area contributed by atoms with Crippen LogP contribution in [-0.2, 0) is 4.79 Å². The third-order valence-electron chi connectivity index (χ3n) is 6.62. The molecule has 1 atom stereocenters. The largest absolute Gasteiger partial charge is 0.383 e. The second kappa shape index (κ2) is 7.44. The highest BCUT2D eigenvalue weighted by molar-refractivity contribution is 5.85. The Labute approximate surface area is 185 Å². The molecule has 7 nitrogen and oxygen atoms in total. The second-order valence-corrected chi connectivity index (χ2v) is 8.76. The zero-order valence-corrected chi connectivity index (χ0v) is 17.7. The second-order valence-electron chi connectivity index (χ2n) is 8.76. The summed E-state index contributed by atoms with van der Waals surface area (Å²) in [6, 6.07) is 14.5. The maximum absolute atomic E-state index is 11.1. The standard InChI is InChI=1S/C25H24N6O/c26-24-20(2-1-10-27-24)25-29-22-7-5-17(16-3-4-16)12-23(22)31(25)19-6-8-21(28-13-19)18-9-11-30(14-18)15-32/h1-2,5-8,10,12-13,15-16,18H,3-4,9,11,14H2,(H2,26,27). The Balaban J connectivity index is 1.48. The van der Waals surface area contributed by atoms with Crippen LogP contribution in [-0.4, -0.2) is 43.9 Å². The first-order chi connectivity index (χ1) is 15.7. The number of fused-ring (bicyclic) bond motifs is 1. The molecule has 0 bridgehead atoms. The van der Waals surface area contributed by atoms with Gasteiger partial charge in [0.1, 0.15) is 11.6 Å². The van der Waals surface area contributed by atoms with E-state index in [1.54, 1.807) is 6.20 Å². The van der Waals surface area contributed by atoms with Crippen LogP contribution < -0.4 is 5.73 Å². The molecule has 3 aromatic heterocycles. The molecular formula is C25H24N6O. The summed E-state index contributed by atoms with van der Waals surface area (Å²) in [7, 11) is 0. The van der Waals surface area contributed by atoms with Crippen LogP contribution in [0.15, 0.2) is 54.9 Å². The highest BCUT2D eigenvalue weighted by Gasteiger charge is 2.26. The Kier molecular flexibility index (Phi) is 4.41. The van der Waals surface area contributed by atoms with Gasteiger partial charge in [0, 0.05) is 30.9 Å². The van der Waals surface area contributed by atoms with Gasteiger partial charge in [-0.15, -0.1) is 0 Å². The monoisotopic (exact) mass is 424 g/mol. The van der Waals surface area contributed by atoms with Crippen molar-refractivity contribution in [2.45, 2.75) is 31.1 Å². The molecule has 2 fully saturated rings. The van der Waals surface area contributed by atoms with Crippen LogP contribution in [0, 0.1) is 0 Å². The van der Waals surface area contributed by atoms with Gasteiger partial charge < -0.3 is 10.6 Å². The number of nitrogens with two attached hydrogens (primary N) is 1. The SMILES string of the molecule is Nc1ncccc1-c1nc2ccc(C3CC3)cc2n1-c1ccc(C2CCN(C=O)C2)nc1. The quantitative estimate of drug-likeness (QED) is 0.491. The number of imidazole rings is 1. The minimum absolute atomic E-state index is 0.281. The first-order valence-electron chi connectivity index (χ1n) is 11.1. The summed E-state index contributed by atoms with van der Waals surface area (Å²) >= 11 is 0. The van der Waals surface area contributed by atoms with E-state index in [4.69, 9.17) is 15.7 Å². The van der Waals surface area contributed by atoms with Crippen molar-refractivity contribution in [3.63, 3.8) is 0 Å². The molecule has 160 valence electrons. The number of pyridine rings is 2. The topological polar surface area (TPSA) is 89.9 Å². The predicted molar refractivity (Wildman–Crippen MR) is 123 cm³/mol. The number of likely N-dealkylation sites (tertiary alicyclic amines) is 1. The van der Waals surface area contributed by atoms with Crippen LogP contribution in [0.3, 0.4) is 0 Å². The van der Waals surface area contributed by atoms with Crippen LogP contribution in [0.2, 0.25) is 0 Å². The summed E-state index contributed by atoms with van der Waals surface area (Å²) in [6.07, 6.45) is 7.96. The number of benzene rings is 1. The molecule has 7 heteroatoms. The highest BCUT2D eigenvalue weighted by atomic mass is 16.1. The van der Waals surface area contributed by atoms with E-state index in [-0.39, 0.29) is 5.92 Å². The van der Waals surface area contributed by atoms with E-state index in [0.717, 1.165) is 59.7 Å². The van der Waals surface area contributed by atoms with Gasteiger partial charge in [-0.3, -0.25) is 14.3 Å². The number of hydrogen-bond acceptors (Lipinski definition) is 5. The van der Waals surface area contributed by atoms with Gasteiger partial charge in [-0.05, 0) is 67.1 Å². The summed E-state index contributed by atoms with van der Waals surface area (Å²) in [4.78, 5) is 26.9. The summed E-state index contributed by atoms with van der Waals surface area (Å²) in [5.74, 6) is 2.15. The zero-order chi connectivity index (χ0) is 21.7. The van der Waals surface area contributed by atoms with Gasteiger partial charge in [0.2, 0.25) is 6.41 Å². The minimum atomic E-state index is 0.281. The molecule has 1 aliphatic heterocycles. The van der Waals surface area contributed by atoms with E-state index < -0.39 is 0 Å². The zero-order valence-electron chi connectivity index (χ0n) is 17.7. The van der Waals surface area contributed by atoms with E-state index in [0.29, 0.717) is 11.7 Å². The Hall–Kier alpha value is -3.74. The van der Waals surface area contributed by atoms with Gasteiger partial charge in [0.15, 0.2) is 0 Å². The fourth-order valence-corrected chi connectivity index (χ4v) is 4.71. The number of rotatable bonds is 5. The van der Waals surface area contributed by atoms with Gasteiger partial charge >= 0.3 is 0 Å². The average molecular weight is 425 g/mol. The lowest BCUT2D eigenvalue weighted by Crippen LogP contribution is -2.17. The van der Waals surface area contributed by atoms with Crippen molar-refractivity contribution in [1.82, 2.24) is 24.4 Å². The summed E-state index contributed by atoms with van der Waals surface area (Å²) in [6.45, 7) is 1.52. The Morgan fingerprint density at radius 3 is 2.66 bits per heavy atom. The lowest BCUT2D eigenvalue weighted by molar-refractivity contribution is -0.117. The first kappa shape index (κ1) is 19.0. The van der Waals surface area contributed by atoms with E-state index in [9.17, 15) is 4.79 Å². The maximum atomic E-state index is 11.1. The molecule has 2 aliphatic rings. The van der Waals surface area contributed by atoms with Gasteiger partial charge in [-0.1, -0.05) is 6.07 Å². The summed E-state index contributed by atoms with van der Waals surface area (Å²) in [5.41, 5.74) is 12.3. The number of anilines is 1. The van der Waals surface area contributed by atoms with E-state index in [1.807, 2.05) is 23.2 Å². The number of carbonyl (C=O) groups is 1. The van der Waals surface area contributed by atoms with E-state index >= 15 is 0 Å². The molecular weight excluding hydrogens is 400 g/mol. The molecule has 2 N–H and O–H groups in total. The van der Waals surface area contributed by atoms with Gasteiger partial charge in [-0.25, -0.2) is 9.97 Å². The van der Waals surface area contributed by atoms with Crippen molar-refractivity contribution in [3.05, 3.63) is 66.1 Å². The van der Waals surface area contributed by atoms with Crippen molar-refractivity contribution in [2.75, 3.05) is 18.8 Å². The number of hydrogen-bond donors (Lipinski definition) is 1. The molecule has 4 aromatic rings. The predicted octanol–water partition coefficient (Wildman–Crippen LogP) is 3.89. The van der Waals surface area contributed by atoms with E-state index in [1.165, 1.54) is 18.4 Å². The van der Waals surface area contributed by atoms with Crippen LogP contribution in [0.5, 0.6) is 0 Å². The van der Waals surface area contributed by atoms with Crippen molar-refractivity contribution in [3.8, 4) is 17.1 Å². The van der Waals surface area contributed by atoms with Crippen LogP contribution in [0.25, 0.3) is 28.1 Å². The van der Waals surface area contributed by atoms with Gasteiger partial charge in [0.25, 0.3) is 0 Å². The lowest BCUT2D eigenvalue weighted by Gasteiger charge is -2.13. The van der Waals surface area contributed by atoms with Crippen LogP contribution >= 0.6 is 0 Å². The Morgan fingerprint density at radius 2 is 1.94 bits per heavy atom. The fraction of sp³-hybridized carbons (Fsp3) is 0.280. The molecule has 4 heterocycles. The number of carbonyl (C=O) groups excluding carboxylic acids is 1. The molecule has 1 amide bonds. The van der Waals surface area contributed by atoms with Crippen LogP contribution in [0.4, 0.5) is 5.82 Å². The number of amides is 1. The molecule has 32 heavy (non-hydrogen) atoms. The van der Waals surface area contributed by atoms with Crippen molar-refractivity contribution in [2.24, 2.45) is 0 Å². The molecule has 0 radical (unpaired) electrons. The minimum Gasteiger partial charge on any atom is -0.383 e. The highest BCUT2D eigenvalue weighted by Crippen LogP contribution is 2.42. The van der Waals surface area contributed by atoms with Crippen molar-refractivity contribution < 1.29 is 4.79 Å². The van der Waals surface area contributed by atoms with Crippen molar-refractivity contribution >= 4 is 23.3 Å². The van der Waals surface area contributed by atoms with Crippen LogP contribution in [0.1, 0.15) is 42.4 Å². The Morgan fingerprint density at radius 1 is 1.03 bits per heavy atom. The van der Waals surface area contributed by atoms with Crippen molar-refractivity contribution in [1.29, 1.82) is 0 Å². The summed E-state index contributed by atoms with van der Waals surface area (Å²) < 4.78 is 2.14. The third kappa shape index (κ3) is 3.21. The third-order valence-corrected chi connectivity index (χ3v) is 6.62. The van der Waals surface area contributed by atoms with E-state index in [2.05, 4.69) is 39.9 Å². The molecule has 0 spiro atoms. The molecule has 1 aromatic carbocycles. The maximum Gasteiger partial charge on any atom is 0.209 e. The molecule has 1 saturated carbocycles. The van der Waals surface area contributed by atoms with Gasteiger partial charge in [-0.2, -0.15) is 0 Å². The van der Waals surface area contributed by atoms with Gasteiger partial charge in [0.05, 0.1) is 28.5 Å². The molecule has 1 unspecified atom stereocenters. The normalized spacial score (nSPS) is 18.4. The molecule has 1 saturated heterocycles. The first-order valence-corrected chi connectivity index (χ1v) is 11.1. The molecule has 1 aliphatic carbocycles. The number of nitrogen functional groups attached to an aromatic ring is 1. The number of aromatic nitrogens is 4. The lowest BCUT2D eigenvalue weighted by atomic mass is 10.0. The summed E-state index contributed by atoms with van der Waals surface area (Å²) in [5, 5.41) is 0. The average Bonchev–Trinajstić information content (AvgIpc) is 3.44. The Bertz CT molecular complexity index is 1310. The fourth-order valence-electron chi connectivity index (χ4n) is 4.71. The molecule has 6 rings (SSSR count).